The molecule has 0 saturated carbocycles. The van der Waals surface area contributed by atoms with Gasteiger partial charge in [0.2, 0.25) is 0 Å². The average Bonchev–Trinajstić information content (AvgIpc) is 3.12. The third-order valence-electron chi connectivity index (χ3n) is 5.26. The molecule has 3 rings (SSSR count). The van der Waals surface area contributed by atoms with Gasteiger partial charge in [0.1, 0.15) is 6.73 Å². The maximum absolute atomic E-state index is 12.0. The van der Waals surface area contributed by atoms with Crippen molar-refractivity contribution in [3.63, 3.8) is 0 Å². The Balaban J connectivity index is 2.06. The molecule has 0 saturated heterocycles. The predicted molar refractivity (Wildman–Crippen MR) is 122 cm³/mol. The fraction of sp³-hybridized carbons (Fsp3) is 0.333. The number of benzene rings is 2. The first kappa shape index (κ1) is 22.1. The molecule has 0 bridgehead atoms. The summed E-state index contributed by atoms with van der Waals surface area (Å²) in [6.45, 7) is 8.84. The Hall–Kier alpha value is -2.54. The average molecular weight is 423 g/mol. The number of hydrogen-bond acceptors (Lipinski definition) is 4. The topological polar surface area (TPSA) is 53.4 Å². The van der Waals surface area contributed by atoms with Crippen LogP contribution in [0.4, 0.5) is 0 Å². The first-order valence-electron chi connectivity index (χ1n) is 10.1. The van der Waals surface area contributed by atoms with Crippen molar-refractivity contribution in [2.75, 3.05) is 7.11 Å². The van der Waals surface area contributed by atoms with Gasteiger partial charge >= 0.3 is 0 Å². The Morgan fingerprint density at radius 1 is 1.00 bits per heavy atom. The lowest BCUT2D eigenvalue weighted by molar-refractivity contribution is 0.0962. The van der Waals surface area contributed by atoms with Crippen LogP contribution < -0.4 is 10.4 Å². The van der Waals surface area contributed by atoms with Crippen molar-refractivity contribution in [1.82, 2.24) is 9.55 Å². The minimum absolute atomic E-state index is 0.0938. The number of carbonyl (C=O) groups excluding carboxylic acids is 1. The van der Waals surface area contributed by atoms with Gasteiger partial charge in [0.25, 0.3) is 8.32 Å². The summed E-state index contributed by atoms with van der Waals surface area (Å²) in [6.07, 6.45) is 1.85. The highest BCUT2D eigenvalue weighted by Crippen LogP contribution is 2.37. The molecule has 2 aromatic carbocycles. The maximum Gasteiger partial charge on any atom is 0.261 e. The molecule has 3 aromatic rings. The van der Waals surface area contributed by atoms with Crippen LogP contribution in [0.5, 0.6) is 0 Å². The van der Waals surface area contributed by atoms with Crippen LogP contribution in [0.3, 0.4) is 0 Å². The number of ketones is 1. The van der Waals surface area contributed by atoms with E-state index in [1.165, 1.54) is 17.3 Å². The molecule has 6 heteroatoms. The molecule has 0 atom stereocenters. The molecule has 0 fully saturated rings. The molecule has 0 unspecified atom stereocenters. The minimum atomic E-state index is -2.65. The Labute approximate surface area is 179 Å². The van der Waals surface area contributed by atoms with Crippen molar-refractivity contribution in [3.8, 4) is 0 Å². The van der Waals surface area contributed by atoms with Gasteiger partial charge in [-0.15, -0.1) is 0 Å². The SMILES string of the molecule is COCn1cc(CO[Si](c2ccccc2)(c2ccccc2)C(C)(C)C)nc1C(C)=O. The van der Waals surface area contributed by atoms with E-state index in [1.54, 1.807) is 11.7 Å². The van der Waals surface area contributed by atoms with Gasteiger partial charge in [0.15, 0.2) is 11.6 Å². The minimum Gasteiger partial charge on any atom is -0.401 e. The number of rotatable bonds is 8. The van der Waals surface area contributed by atoms with E-state index in [-0.39, 0.29) is 17.6 Å². The van der Waals surface area contributed by atoms with Crippen molar-refractivity contribution < 1.29 is 14.0 Å². The molecular weight excluding hydrogens is 392 g/mol. The van der Waals surface area contributed by atoms with Gasteiger partial charge in [-0.25, -0.2) is 4.98 Å². The second-order valence-corrected chi connectivity index (χ2v) is 12.8. The highest BCUT2D eigenvalue weighted by molar-refractivity contribution is 6.99. The van der Waals surface area contributed by atoms with Crippen LogP contribution in [-0.4, -0.2) is 30.8 Å². The number of carbonyl (C=O) groups is 1. The van der Waals surface area contributed by atoms with Gasteiger partial charge in [0, 0.05) is 20.2 Å². The van der Waals surface area contributed by atoms with Crippen molar-refractivity contribution in [2.24, 2.45) is 0 Å². The third kappa shape index (κ3) is 4.31. The summed E-state index contributed by atoms with van der Waals surface area (Å²) in [4.78, 5) is 16.5. The fourth-order valence-electron chi connectivity index (χ4n) is 4.00. The molecular formula is C24H30N2O3Si. The van der Waals surface area contributed by atoms with Crippen LogP contribution in [0.25, 0.3) is 0 Å². The molecule has 30 heavy (non-hydrogen) atoms. The van der Waals surface area contributed by atoms with Crippen LogP contribution in [0.15, 0.2) is 66.9 Å². The highest BCUT2D eigenvalue weighted by Gasteiger charge is 2.50. The summed E-state index contributed by atoms with van der Waals surface area (Å²) in [7, 11) is -1.05. The quantitative estimate of drug-likeness (QED) is 0.410. The van der Waals surface area contributed by atoms with E-state index in [9.17, 15) is 4.79 Å². The summed E-state index contributed by atoms with van der Waals surface area (Å²) in [5.74, 6) is 0.293. The lowest BCUT2D eigenvalue weighted by Gasteiger charge is -2.42. The Morgan fingerprint density at radius 2 is 1.53 bits per heavy atom. The second-order valence-electron chi connectivity index (χ2n) is 8.45. The van der Waals surface area contributed by atoms with Crippen molar-refractivity contribution in [3.05, 3.63) is 78.4 Å². The standard InChI is InChI=1S/C24H30N2O3Si/c1-19(27)23-25-20(16-26(23)18-28-5)17-29-30(24(2,3)4,21-12-8-6-9-13-21)22-14-10-7-11-15-22/h6-16H,17-18H2,1-5H3. The first-order chi connectivity index (χ1) is 14.3. The van der Waals surface area contributed by atoms with Crippen LogP contribution >= 0.6 is 0 Å². The number of imidazole rings is 1. The van der Waals surface area contributed by atoms with Gasteiger partial charge in [-0.1, -0.05) is 81.4 Å². The summed E-state index contributed by atoms with van der Waals surface area (Å²) >= 11 is 0. The third-order valence-corrected chi connectivity index (χ3v) is 10.2. The van der Waals surface area contributed by atoms with E-state index in [4.69, 9.17) is 9.16 Å². The Morgan fingerprint density at radius 3 is 1.97 bits per heavy atom. The summed E-state index contributed by atoms with van der Waals surface area (Å²) in [5, 5.41) is 2.31. The van der Waals surface area contributed by atoms with Crippen molar-refractivity contribution >= 4 is 24.5 Å². The van der Waals surface area contributed by atoms with Gasteiger partial charge in [-0.05, 0) is 15.4 Å². The van der Waals surface area contributed by atoms with Crippen LogP contribution in [-0.2, 0) is 22.5 Å². The molecule has 5 nitrogen and oxygen atoms in total. The van der Waals surface area contributed by atoms with E-state index in [0.717, 1.165) is 5.69 Å². The Kier molecular flexibility index (Phi) is 6.70. The highest BCUT2D eigenvalue weighted by atomic mass is 28.4. The molecule has 0 aliphatic rings. The fourth-order valence-corrected chi connectivity index (χ4v) is 8.52. The first-order valence-corrected chi connectivity index (χ1v) is 12.0. The zero-order valence-electron chi connectivity index (χ0n) is 18.4. The van der Waals surface area contributed by atoms with Crippen molar-refractivity contribution in [2.45, 2.75) is 46.1 Å². The van der Waals surface area contributed by atoms with Crippen LogP contribution in [0.2, 0.25) is 5.04 Å². The zero-order valence-corrected chi connectivity index (χ0v) is 19.4. The van der Waals surface area contributed by atoms with E-state index in [0.29, 0.717) is 12.4 Å². The number of aromatic nitrogens is 2. The molecule has 0 spiro atoms. The lowest BCUT2D eigenvalue weighted by Crippen LogP contribution is -2.66. The molecule has 0 aliphatic carbocycles. The van der Waals surface area contributed by atoms with E-state index in [1.807, 2.05) is 18.3 Å². The van der Waals surface area contributed by atoms with Crippen LogP contribution in [0, 0.1) is 0 Å². The van der Waals surface area contributed by atoms with Gasteiger partial charge < -0.3 is 13.7 Å². The van der Waals surface area contributed by atoms with Gasteiger partial charge in [-0.3, -0.25) is 4.79 Å². The molecule has 0 radical (unpaired) electrons. The number of hydrogen-bond donors (Lipinski definition) is 0. The predicted octanol–water partition coefficient (Wildman–Crippen LogP) is 3.77. The van der Waals surface area contributed by atoms with Crippen molar-refractivity contribution in [1.29, 1.82) is 0 Å². The zero-order chi connectivity index (χ0) is 21.8. The number of nitrogens with zero attached hydrogens (tertiary/aromatic N) is 2. The normalized spacial score (nSPS) is 12.2. The molecule has 0 N–H and O–H groups in total. The van der Waals surface area contributed by atoms with E-state index in [2.05, 4.69) is 74.3 Å². The van der Waals surface area contributed by atoms with E-state index >= 15 is 0 Å². The molecule has 0 amide bonds. The second kappa shape index (κ2) is 9.08. The monoisotopic (exact) mass is 422 g/mol. The summed E-state index contributed by atoms with van der Waals surface area (Å²) < 4.78 is 13.8. The molecule has 0 aliphatic heterocycles. The lowest BCUT2D eigenvalue weighted by atomic mass is 10.2. The van der Waals surface area contributed by atoms with Gasteiger partial charge in [-0.2, -0.15) is 0 Å². The molecule has 1 heterocycles. The Bertz CT molecular complexity index is 939. The number of methoxy groups -OCH3 is 1. The summed E-state index contributed by atoms with van der Waals surface area (Å²) in [6, 6.07) is 21.0. The molecule has 158 valence electrons. The molecule has 1 aromatic heterocycles. The van der Waals surface area contributed by atoms with E-state index < -0.39 is 8.32 Å². The largest absolute Gasteiger partial charge is 0.401 e. The number of ether oxygens (including phenoxy) is 1. The number of Topliss-reactive ketones (excluding diaryl/α,β-unsaturated/α-hetero) is 1. The van der Waals surface area contributed by atoms with Gasteiger partial charge in [0.05, 0.1) is 12.3 Å². The summed E-state index contributed by atoms with van der Waals surface area (Å²) in [5.41, 5.74) is 0.727. The smallest absolute Gasteiger partial charge is 0.261 e. The van der Waals surface area contributed by atoms with Crippen LogP contribution in [0.1, 0.15) is 44.0 Å². The maximum atomic E-state index is 12.0.